The number of amides is 1. The Morgan fingerprint density at radius 1 is 1.53 bits per heavy atom. The minimum Gasteiger partial charge on any atom is -0.376 e. The number of carbonyl (C=O) groups excluding carboxylic acids is 1. The van der Waals surface area contributed by atoms with Crippen molar-refractivity contribution >= 4 is 5.91 Å². The molecule has 0 saturated carbocycles. The second kappa shape index (κ2) is 6.02. The highest BCUT2D eigenvalue weighted by atomic mass is 16.5. The summed E-state index contributed by atoms with van der Waals surface area (Å²) in [5, 5.41) is 0. The molecule has 1 saturated heterocycles. The second-order valence-corrected chi connectivity index (χ2v) is 5.04. The Bertz CT molecular complexity index is 504. The van der Waals surface area contributed by atoms with E-state index < -0.39 is 0 Å². The van der Waals surface area contributed by atoms with Gasteiger partial charge in [-0.05, 0) is 25.3 Å². The molecule has 0 aromatic carbocycles. The first kappa shape index (κ1) is 13.8. The Hall–Kier alpha value is -1.62. The molecule has 1 aliphatic rings. The Morgan fingerprint density at radius 2 is 2.32 bits per heavy atom. The van der Waals surface area contributed by atoms with Crippen LogP contribution in [0.4, 0.5) is 0 Å². The van der Waals surface area contributed by atoms with E-state index >= 15 is 0 Å². The summed E-state index contributed by atoms with van der Waals surface area (Å²) in [5.74, 6) is -0.133. The van der Waals surface area contributed by atoms with Gasteiger partial charge in [0.05, 0.1) is 6.10 Å². The molecule has 0 bridgehead atoms. The number of hydrogen-bond acceptors (Lipinski definition) is 3. The zero-order valence-corrected chi connectivity index (χ0v) is 11.5. The maximum Gasteiger partial charge on any atom is 0.253 e. The Balaban J connectivity index is 2.01. The van der Waals surface area contributed by atoms with E-state index in [2.05, 4.69) is 0 Å². The van der Waals surface area contributed by atoms with Crippen molar-refractivity contribution in [2.24, 2.45) is 7.05 Å². The first-order chi connectivity index (χ1) is 9.08. The first-order valence-electron chi connectivity index (χ1n) is 6.61. The number of rotatable bonds is 3. The third-order valence-electron chi connectivity index (χ3n) is 3.45. The number of nitrogens with zero attached hydrogens (tertiary/aromatic N) is 2. The highest BCUT2D eigenvalue weighted by Gasteiger charge is 2.19. The Kier molecular flexibility index (Phi) is 4.37. The predicted molar refractivity (Wildman–Crippen MR) is 72.2 cm³/mol. The zero-order valence-electron chi connectivity index (χ0n) is 11.5. The van der Waals surface area contributed by atoms with Crippen molar-refractivity contribution in [3.8, 4) is 0 Å². The summed E-state index contributed by atoms with van der Waals surface area (Å²) in [6.45, 7) is 1.35. The van der Waals surface area contributed by atoms with Crippen molar-refractivity contribution in [3.05, 3.63) is 34.2 Å². The maximum atomic E-state index is 12.2. The topological polar surface area (TPSA) is 51.5 Å². The minimum atomic E-state index is -0.173. The molecule has 1 unspecified atom stereocenters. The van der Waals surface area contributed by atoms with E-state index in [0.29, 0.717) is 12.1 Å². The molecular formula is C14H20N2O3. The van der Waals surface area contributed by atoms with Gasteiger partial charge in [-0.15, -0.1) is 0 Å². The van der Waals surface area contributed by atoms with Crippen LogP contribution in [0.15, 0.2) is 23.1 Å². The van der Waals surface area contributed by atoms with E-state index in [0.717, 1.165) is 25.9 Å². The van der Waals surface area contributed by atoms with Crippen LogP contribution in [0, 0.1) is 0 Å². The van der Waals surface area contributed by atoms with Crippen molar-refractivity contribution in [3.63, 3.8) is 0 Å². The molecule has 1 aliphatic heterocycles. The van der Waals surface area contributed by atoms with Crippen LogP contribution in [0.1, 0.15) is 29.6 Å². The largest absolute Gasteiger partial charge is 0.376 e. The molecule has 2 rings (SSSR count). The highest BCUT2D eigenvalue weighted by molar-refractivity contribution is 5.93. The fourth-order valence-electron chi connectivity index (χ4n) is 2.24. The quantitative estimate of drug-likeness (QED) is 0.819. The summed E-state index contributed by atoms with van der Waals surface area (Å²) in [5.41, 5.74) is 0.259. The molecule has 1 atom stereocenters. The molecule has 0 aliphatic carbocycles. The van der Waals surface area contributed by atoms with Crippen LogP contribution >= 0.6 is 0 Å². The van der Waals surface area contributed by atoms with Gasteiger partial charge in [-0.25, -0.2) is 0 Å². The Labute approximate surface area is 112 Å². The van der Waals surface area contributed by atoms with Gasteiger partial charge in [-0.1, -0.05) is 0 Å². The lowest BCUT2D eigenvalue weighted by molar-refractivity contribution is -0.000192. The monoisotopic (exact) mass is 264 g/mol. The van der Waals surface area contributed by atoms with Gasteiger partial charge in [0.1, 0.15) is 0 Å². The second-order valence-electron chi connectivity index (χ2n) is 5.04. The molecule has 1 fully saturated rings. The Morgan fingerprint density at radius 3 is 2.95 bits per heavy atom. The molecule has 1 amide bonds. The number of aryl methyl sites for hydroxylation is 1. The lowest BCUT2D eigenvalue weighted by atomic mass is 10.1. The number of hydrogen-bond donors (Lipinski definition) is 0. The maximum absolute atomic E-state index is 12.2. The van der Waals surface area contributed by atoms with E-state index in [4.69, 9.17) is 4.74 Å². The fraction of sp³-hybridized carbons (Fsp3) is 0.571. The van der Waals surface area contributed by atoms with Crippen LogP contribution in [0.5, 0.6) is 0 Å². The fourth-order valence-corrected chi connectivity index (χ4v) is 2.24. The van der Waals surface area contributed by atoms with Crippen LogP contribution in [0.3, 0.4) is 0 Å². The third kappa shape index (κ3) is 3.44. The predicted octanol–water partition coefficient (Wildman–Crippen LogP) is 1.03. The molecule has 0 radical (unpaired) electrons. The van der Waals surface area contributed by atoms with Gasteiger partial charge in [0.2, 0.25) is 0 Å². The average molecular weight is 264 g/mol. The zero-order chi connectivity index (χ0) is 13.8. The third-order valence-corrected chi connectivity index (χ3v) is 3.45. The summed E-state index contributed by atoms with van der Waals surface area (Å²) in [6.07, 6.45) is 4.98. The first-order valence-corrected chi connectivity index (χ1v) is 6.61. The normalized spacial score (nSPS) is 19.2. The number of pyridine rings is 1. The SMILES string of the molecule is CN(CC1CCCCO1)C(=O)c1ccn(C)c(=O)c1. The average Bonchev–Trinajstić information content (AvgIpc) is 2.42. The molecular weight excluding hydrogens is 244 g/mol. The van der Waals surface area contributed by atoms with E-state index in [1.165, 1.54) is 10.6 Å². The van der Waals surface area contributed by atoms with Gasteiger partial charge in [-0.2, -0.15) is 0 Å². The van der Waals surface area contributed by atoms with E-state index in [1.54, 1.807) is 31.3 Å². The van der Waals surface area contributed by atoms with Crippen LogP contribution in [-0.2, 0) is 11.8 Å². The van der Waals surface area contributed by atoms with Gasteiger partial charge < -0.3 is 14.2 Å². The van der Waals surface area contributed by atoms with E-state index in [-0.39, 0.29) is 17.6 Å². The summed E-state index contributed by atoms with van der Waals surface area (Å²) in [6, 6.07) is 3.04. The molecule has 0 N–H and O–H groups in total. The van der Waals surface area contributed by atoms with Crippen LogP contribution < -0.4 is 5.56 Å². The van der Waals surface area contributed by atoms with Gasteiger partial charge in [0.25, 0.3) is 11.5 Å². The van der Waals surface area contributed by atoms with Crippen molar-refractivity contribution in [2.45, 2.75) is 25.4 Å². The number of carbonyl (C=O) groups is 1. The van der Waals surface area contributed by atoms with Gasteiger partial charge in [-0.3, -0.25) is 9.59 Å². The molecule has 1 aromatic rings. The van der Waals surface area contributed by atoms with E-state index in [9.17, 15) is 9.59 Å². The van der Waals surface area contributed by atoms with Crippen molar-refractivity contribution in [1.82, 2.24) is 9.47 Å². The summed E-state index contributed by atoms with van der Waals surface area (Å²) in [4.78, 5) is 25.4. The summed E-state index contributed by atoms with van der Waals surface area (Å²) < 4.78 is 7.06. The molecule has 1 aromatic heterocycles. The summed E-state index contributed by atoms with van der Waals surface area (Å²) >= 11 is 0. The number of likely N-dealkylation sites (N-methyl/N-ethyl adjacent to an activating group) is 1. The molecule has 2 heterocycles. The molecule has 5 nitrogen and oxygen atoms in total. The van der Waals surface area contributed by atoms with Crippen LogP contribution in [0.25, 0.3) is 0 Å². The lowest BCUT2D eigenvalue weighted by Gasteiger charge is -2.27. The molecule has 0 spiro atoms. The highest BCUT2D eigenvalue weighted by Crippen LogP contribution is 2.14. The van der Waals surface area contributed by atoms with Gasteiger partial charge in [0, 0.05) is 45.1 Å². The molecule has 19 heavy (non-hydrogen) atoms. The molecule has 104 valence electrons. The van der Waals surface area contributed by atoms with Crippen LogP contribution in [0.2, 0.25) is 0 Å². The standard InChI is InChI=1S/C14H20N2O3/c1-15-7-6-11(9-13(15)17)14(18)16(2)10-12-5-3-4-8-19-12/h6-7,9,12H,3-5,8,10H2,1-2H3. The molecule has 5 heteroatoms. The van der Waals surface area contributed by atoms with E-state index in [1.807, 2.05) is 0 Å². The smallest absolute Gasteiger partial charge is 0.253 e. The lowest BCUT2D eigenvalue weighted by Crippen LogP contribution is -2.37. The van der Waals surface area contributed by atoms with Crippen molar-refractivity contribution in [1.29, 1.82) is 0 Å². The van der Waals surface area contributed by atoms with Crippen molar-refractivity contribution < 1.29 is 9.53 Å². The van der Waals surface area contributed by atoms with Crippen molar-refractivity contribution in [2.75, 3.05) is 20.2 Å². The summed E-state index contributed by atoms with van der Waals surface area (Å²) in [7, 11) is 3.41. The minimum absolute atomic E-state index is 0.120. The van der Waals surface area contributed by atoms with Crippen LogP contribution in [-0.4, -0.2) is 41.7 Å². The van der Waals surface area contributed by atoms with Gasteiger partial charge in [0.15, 0.2) is 0 Å². The number of aromatic nitrogens is 1. The number of ether oxygens (including phenoxy) is 1. The van der Waals surface area contributed by atoms with Gasteiger partial charge >= 0.3 is 0 Å².